The third-order valence-corrected chi connectivity index (χ3v) is 3.82. The zero-order valence-corrected chi connectivity index (χ0v) is 12.3. The maximum Gasteiger partial charge on any atom is 0.339 e. The number of methoxy groups -OCH3 is 1. The molecule has 106 valence electrons. The van der Waals surface area contributed by atoms with E-state index in [1.165, 1.54) is 12.0 Å². The normalized spacial score (nSPS) is 10.8. The van der Waals surface area contributed by atoms with E-state index in [-0.39, 0.29) is 5.56 Å². The van der Waals surface area contributed by atoms with Gasteiger partial charge >= 0.3 is 5.97 Å². The molecule has 0 radical (unpaired) electrons. The minimum atomic E-state index is -0.972. The maximum absolute atomic E-state index is 11.0. The van der Waals surface area contributed by atoms with Crippen LogP contribution in [0.15, 0.2) is 35.7 Å². The molecule has 0 fully saturated rings. The van der Waals surface area contributed by atoms with E-state index >= 15 is 0 Å². The van der Waals surface area contributed by atoms with Gasteiger partial charge in [0.25, 0.3) is 0 Å². The first-order chi connectivity index (χ1) is 9.60. The molecule has 0 spiro atoms. The summed E-state index contributed by atoms with van der Waals surface area (Å²) in [5, 5.41) is 11.1. The summed E-state index contributed by atoms with van der Waals surface area (Å²) in [7, 11) is 3.53. The lowest BCUT2D eigenvalue weighted by atomic mass is 10.1. The summed E-state index contributed by atoms with van der Waals surface area (Å²) < 4.78 is 5.14. The number of benzene rings is 1. The van der Waals surface area contributed by atoms with Crippen molar-refractivity contribution in [2.75, 3.05) is 14.2 Å². The average molecular weight is 291 g/mol. The monoisotopic (exact) mass is 291 g/mol. The van der Waals surface area contributed by atoms with Gasteiger partial charge in [-0.3, -0.25) is 4.90 Å². The fraction of sp³-hybridized carbons (Fsp3) is 0.267. The Morgan fingerprint density at radius 3 is 2.75 bits per heavy atom. The average Bonchev–Trinajstić information content (AvgIpc) is 2.90. The molecule has 0 bridgehead atoms. The Morgan fingerprint density at radius 1 is 1.35 bits per heavy atom. The summed E-state index contributed by atoms with van der Waals surface area (Å²) in [4.78, 5) is 14.5. The van der Waals surface area contributed by atoms with E-state index in [4.69, 9.17) is 9.84 Å². The van der Waals surface area contributed by atoms with Crippen molar-refractivity contribution < 1.29 is 14.6 Å². The number of rotatable bonds is 6. The maximum atomic E-state index is 11.0. The van der Waals surface area contributed by atoms with E-state index in [0.29, 0.717) is 5.75 Å². The molecule has 1 heterocycles. The topological polar surface area (TPSA) is 49.8 Å². The molecular weight excluding hydrogens is 274 g/mol. The summed E-state index contributed by atoms with van der Waals surface area (Å²) in [6.45, 7) is 1.62. The van der Waals surface area contributed by atoms with E-state index in [1.807, 2.05) is 19.2 Å². The zero-order chi connectivity index (χ0) is 14.5. The molecule has 0 saturated carbocycles. The summed E-state index contributed by atoms with van der Waals surface area (Å²) in [6, 6.07) is 9.36. The Labute approximate surface area is 122 Å². The fourth-order valence-corrected chi connectivity index (χ4v) is 2.83. The Morgan fingerprint density at radius 2 is 2.15 bits per heavy atom. The van der Waals surface area contributed by atoms with Crippen LogP contribution in [0.4, 0.5) is 0 Å². The van der Waals surface area contributed by atoms with Crippen LogP contribution in [0.2, 0.25) is 0 Å². The number of thiophene rings is 1. The van der Waals surface area contributed by atoms with Crippen molar-refractivity contribution in [1.29, 1.82) is 0 Å². The van der Waals surface area contributed by atoms with Gasteiger partial charge in [-0.25, -0.2) is 4.79 Å². The van der Waals surface area contributed by atoms with Crippen molar-refractivity contribution in [2.24, 2.45) is 0 Å². The van der Waals surface area contributed by atoms with Crippen LogP contribution >= 0.6 is 11.3 Å². The second-order valence-corrected chi connectivity index (χ2v) is 5.62. The molecule has 20 heavy (non-hydrogen) atoms. The number of nitrogens with zero attached hydrogens (tertiary/aromatic N) is 1. The van der Waals surface area contributed by atoms with Crippen LogP contribution in [0.3, 0.4) is 0 Å². The Balaban J connectivity index is 2.07. The van der Waals surface area contributed by atoms with Crippen molar-refractivity contribution in [3.63, 3.8) is 0 Å². The molecule has 2 aromatic rings. The molecular formula is C15H17NO3S. The molecule has 5 heteroatoms. The summed E-state index contributed by atoms with van der Waals surface area (Å²) in [5.41, 5.74) is 1.23. The second kappa shape index (κ2) is 6.54. The van der Waals surface area contributed by atoms with E-state index in [0.717, 1.165) is 18.7 Å². The Bertz CT molecular complexity index is 581. The quantitative estimate of drug-likeness (QED) is 0.888. The van der Waals surface area contributed by atoms with Crippen LogP contribution in [-0.2, 0) is 13.1 Å². The molecule has 0 aliphatic rings. The van der Waals surface area contributed by atoms with Crippen LogP contribution in [0, 0.1) is 0 Å². The molecule has 0 unspecified atom stereocenters. The minimum absolute atomic E-state index is 0.192. The molecule has 0 aliphatic carbocycles. The zero-order valence-electron chi connectivity index (χ0n) is 11.5. The molecule has 2 rings (SSSR count). The Kier molecular flexibility index (Phi) is 4.76. The number of ether oxygens (including phenoxy) is 1. The van der Waals surface area contributed by atoms with E-state index < -0.39 is 5.97 Å². The van der Waals surface area contributed by atoms with Crippen molar-refractivity contribution in [1.82, 2.24) is 4.90 Å². The molecule has 1 N–H and O–H groups in total. The predicted molar refractivity (Wildman–Crippen MR) is 79.4 cm³/mol. The lowest BCUT2D eigenvalue weighted by Crippen LogP contribution is -2.16. The SMILES string of the molecule is COc1cc(CN(C)Cc2cccs2)ccc1C(=O)O. The van der Waals surface area contributed by atoms with Crippen molar-refractivity contribution in [3.8, 4) is 5.75 Å². The number of aromatic carboxylic acids is 1. The van der Waals surface area contributed by atoms with E-state index in [9.17, 15) is 4.79 Å². The highest BCUT2D eigenvalue weighted by molar-refractivity contribution is 7.09. The van der Waals surface area contributed by atoms with Gasteiger partial charge in [0, 0.05) is 18.0 Å². The first kappa shape index (κ1) is 14.6. The third-order valence-electron chi connectivity index (χ3n) is 2.95. The van der Waals surface area contributed by atoms with Crippen molar-refractivity contribution in [2.45, 2.75) is 13.1 Å². The van der Waals surface area contributed by atoms with Crippen molar-refractivity contribution >= 4 is 17.3 Å². The van der Waals surface area contributed by atoms with E-state index in [2.05, 4.69) is 16.3 Å². The fourth-order valence-electron chi connectivity index (χ4n) is 2.05. The van der Waals surface area contributed by atoms with Gasteiger partial charge in [0.05, 0.1) is 7.11 Å². The van der Waals surface area contributed by atoms with Crippen LogP contribution < -0.4 is 4.74 Å². The molecule has 4 nitrogen and oxygen atoms in total. The molecule has 1 aromatic carbocycles. The lowest BCUT2D eigenvalue weighted by Gasteiger charge is -2.16. The van der Waals surface area contributed by atoms with Gasteiger partial charge in [0.2, 0.25) is 0 Å². The van der Waals surface area contributed by atoms with Crippen LogP contribution in [0.25, 0.3) is 0 Å². The summed E-state index contributed by atoms with van der Waals surface area (Å²) >= 11 is 1.73. The van der Waals surface area contributed by atoms with Gasteiger partial charge in [-0.1, -0.05) is 12.1 Å². The van der Waals surface area contributed by atoms with Gasteiger partial charge in [-0.05, 0) is 36.2 Å². The number of carbonyl (C=O) groups is 1. The highest BCUT2D eigenvalue weighted by Gasteiger charge is 2.12. The van der Waals surface area contributed by atoms with Gasteiger partial charge in [-0.15, -0.1) is 11.3 Å². The van der Waals surface area contributed by atoms with Gasteiger partial charge in [-0.2, -0.15) is 0 Å². The summed E-state index contributed by atoms with van der Waals surface area (Å²) in [5.74, 6) is -0.570. The smallest absolute Gasteiger partial charge is 0.339 e. The summed E-state index contributed by atoms with van der Waals surface area (Å²) in [6.07, 6.45) is 0. The first-order valence-electron chi connectivity index (χ1n) is 6.21. The van der Waals surface area contributed by atoms with Gasteiger partial charge < -0.3 is 9.84 Å². The van der Waals surface area contributed by atoms with Crippen LogP contribution in [0.5, 0.6) is 5.75 Å². The number of carboxylic acid groups (broad SMARTS) is 1. The predicted octanol–water partition coefficient (Wildman–Crippen LogP) is 3.09. The standard InChI is InChI=1S/C15H17NO3S/c1-16(10-12-4-3-7-20-12)9-11-5-6-13(15(17)18)14(8-11)19-2/h3-8H,9-10H2,1-2H3,(H,17,18). The highest BCUT2D eigenvalue weighted by atomic mass is 32.1. The minimum Gasteiger partial charge on any atom is -0.496 e. The van der Waals surface area contributed by atoms with E-state index in [1.54, 1.807) is 23.5 Å². The van der Waals surface area contributed by atoms with Gasteiger partial charge in [0.15, 0.2) is 0 Å². The second-order valence-electron chi connectivity index (χ2n) is 4.59. The number of carboxylic acids is 1. The molecule has 0 atom stereocenters. The van der Waals surface area contributed by atoms with Crippen molar-refractivity contribution in [3.05, 3.63) is 51.7 Å². The van der Waals surface area contributed by atoms with Crippen LogP contribution in [0.1, 0.15) is 20.8 Å². The highest BCUT2D eigenvalue weighted by Crippen LogP contribution is 2.21. The third kappa shape index (κ3) is 3.59. The molecule has 0 amide bonds. The number of hydrogen-bond acceptors (Lipinski definition) is 4. The lowest BCUT2D eigenvalue weighted by molar-refractivity contribution is 0.0693. The molecule has 0 aliphatic heterocycles. The molecule has 0 saturated heterocycles. The number of hydrogen-bond donors (Lipinski definition) is 1. The van der Waals surface area contributed by atoms with Gasteiger partial charge in [0.1, 0.15) is 11.3 Å². The first-order valence-corrected chi connectivity index (χ1v) is 7.09. The largest absolute Gasteiger partial charge is 0.496 e. The molecule has 1 aromatic heterocycles. The Hall–Kier alpha value is -1.85. The van der Waals surface area contributed by atoms with Crippen LogP contribution in [-0.4, -0.2) is 30.1 Å².